The summed E-state index contributed by atoms with van der Waals surface area (Å²) in [5, 5.41) is 0. The van der Waals surface area contributed by atoms with Crippen LogP contribution in [-0.4, -0.2) is 16.0 Å². The van der Waals surface area contributed by atoms with Gasteiger partial charge in [0.15, 0.2) is 0 Å². The molecule has 102 valence electrons. The molecule has 2 heterocycles. The molecule has 0 amide bonds. The molecule has 2 aromatic heterocycles. The van der Waals surface area contributed by atoms with Gasteiger partial charge in [-0.05, 0) is 44.5 Å². The molecule has 0 bridgehead atoms. The summed E-state index contributed by atoms with van der Waals surface area (Å²) in [5.41, 5.74) is 5.37. The van der Waals surface area contributed by atoms with Crippen LogP contribution < -0.4 is 4.74 Å². The van der Waals surface area contributed by atoms with Crippen LogP contribution in [0.25, 0.3) is 16.9 Å². The molecule has 0 fully saturated rings. The molecular weight excluding hydrogens is 248 g/mol. The Morgan fingerprint density at radius 2 is 1.85 bits per heavy atom. The highest BCUT2D eigenvalue weighted by atomic mass is 16.5. The molecule has 0 atom stereocenters. The van der Waals surface area contributed by atoms with Crippen LogP contribution in [0.15, 0.2) is 42.7 Å². The largest absolute Gasteiger partial charge is 0.493 e. The van der Waals surface area contributed by atoms with Gasteiger partial charge in [0, 0.05) is 18.0 Å². The number of hydrogen-bond acceptors (Lipinski definition) is 2. The van der Waals surface area contributed by atoms with E-state index in [9.17, 15) is 0 Å². The molecule has 1 aromatic carbocycles. The lowest BCUT2D eigenvalue weighted by Gasteiger charge is -2.08. The second kappa shape index (κ2) is 5.00. The van der Waals surface area contributed by atoms with E-state index < -0.39 is 0 Å². The van der Waals surface area contributed by atoms with Crippen molar-refractivity contribution >= 4 is 5.65 Å². The minimum Gasteiger partial charge on any atom is -0.493 e. The van der Waals surface area contributed by atoms with Gasteiger partial charge in [-0.25, -0.2) is 4.98 Å². The molecule has 3 nitrogen and oxygen atoms in total. The third-order valence-electron chi connectivity index (χ3n) is 3.31. The maximum Gasteiger partial charge on any atom is 0.137 e. The first-order valence-electron chi connectivity index (χ1n) is 6.86. The van der Waals surface area contributed by atoms with Crippen LogP contribution in [0.5, 0.6) is 5.75 Å². The lowest BCUT2D eigenvalue weighted by atomic mass is 10.1. The number of aromatic nitrogens is 2. The molecule has 3 rings (SSSR count). The van der Waals surface area contributed by atoms with Crippen molar-refractivity contribution in [3.05, 3.63) is 53.9 Å². The maximum atomic E-state index is 5.72. The average molecular weight is 266 g/mol. The second-order valence-electron chi connectivity index (χ2n) is 5.03. The Kier molecular flexibility index (Phi) is 3.18. The first kappa shape index (κ1) is 12.7. The van der Waals surface area contributed by atoms with Crippen molar-refractivity contribution in [3.8, 4) is 17.0 Å². The van der Waals surface area contributed by atoms with Crippen LogP contribution in [0.4, 0.5) is 0 Å². The number of pyridine rings is 1. The summed E-state index contributed by atoms with van der Waals surface area (Å²) in [4.78, 5) is 4.69. The lowest BCUT2D eigenvalue weighted by Crippen LogP contribution is -1.94. The van der Waals surface area contributed by atoms with Gasteiger partial charge in [0.1, 0.15) is 11.4 Å². The quantitative estimate of drug-likeness (QED) is 0.716. The van der Waals surface area contributed by atoms with Gasteiger partial charge >= 0.3 is 0 Å². The van der Waals surface area contributed by atoms with E-state index in [2.05, 4.69) is 48.8 Å². The van der Waals surface area contributed by atoms with Crippen LogP contribution in [0, 0.1) is 13.8 Å². The Hall–Kier alpha value is -2.29. The molecule has 3 aromatic rings. The van der Waals surface area contributed by atoms with Crippen LogP contribution in [0.2, 0.25) is 0 Å². The van der Waals surface area contributed by atoms with E-state index >= 15 is 0 Å². The zero-order valence-electron chi connectivity index (χ0n) is 12.1. The minimum atomic E-state index is 0.655. The molecule has 0 aliphatic heterocycles. The first-order valence-corrected chi connectivity index (χ1v) is 6.86. The van der Waals surface area contributed by atoms with Crippen molar-refractivity contribution in [2.24, 2.45) is 0 Å². The van der Waals surface area contributed by atoms with Crippen LogP contribution in [0.3, 0.4) is 0 Å². The summed E-state index contributed by atoms with van der Waals surface area (Å²) in [6, 6.07) is 10.3. The van der Waals surface area contributed by atoms with Crippen molar-refractivity contribution in [3.63, 3.8) is 0 Å². The number of rotatable bonds is 3. The predicted molar refractivity (Wildman–Crippen MR) is 81.3 cm³/mol. The van der Waals surface area contributed by atoms with Gasteiger partial charge in [-0.3, -0.25) is 0 Å². The van der Waals surface area contributed by atoms with Gasteiger partial charge in [0.2, 0.25) is 0 Å². The maximum absolute atomic E-state index is 5.72. The summed E-state index contributed by atoms with van der Waals surface area (Å²) in [7, 11) is 0. The SMILES string of the molecule is CCOc1ccc(C)cc1-c1cn2cc(C)ccc2n1. The molecular formula is C17H18N2O. The van der Waals surface area contributed by atoms with Crippen molar-refractivity contribution < 1.29 is 4.74 Å². The van der Waals surface area contributed by atoms with Gasteiger partial charge in [-0.1, -0.05) is 17.7 Å². The van der Waals surface area contributed by atoms with E-state index in [1.807, 2.05) is 19.1 Å². The normalized spacial score (nSPS) is 10.9. The Balaban J connectivity index is 2.16. The van der Waals surface area contributed by atoms with Gasteiger partial charge in [0.05, 0.1) is 12.3 Å². The number of imidazole rings is 1. The zero-order valence-corrected chi connectivity index (χ0v) is 12.1. The standard InChI is InChI=1S/C17H18N2O/c1-4-20-16-7-5-12(2)9-14(16)15-11-19-10-13(3)6-8-17(19)18-15/h5-11H,4H2,1-3H3. The Labute approximate surface area is 118 Å². The smallest absolute Gasteiger partial charge is 0.137 e. The van der Waals surface area contributed by atoms with Crippen molar-refractivity contribution in [1.82, 2.24) is 9.38 Å². The van der Waals surface area contributed by atoms with Crippen LogP contribution >= 0.6 is 0 Å². The number of aryl methyl sites for hydroxylation is 2. The number of fused-ring (bicyclic) bond motifs is 1. The van der Waals surface area contributed by atoms with Gasteiger partial charge in [0.25, 0.3) is 0 Å². The highest BCUT2D eigenvalue weighted by Gasteiger charge is 2.10. The summed E-state index contributed by atoms with van der Waals surface area (Å²) in [6.45, 7) is 6.82. The molecule has 0 radical (unpaired) electrons. The number of ether oxygens (including phenoxy) is 1. The fourth-order valence-corrected chi connectivity index (χ4v) is 2.36. The van der Waals surface area contributed by atoms with E-state index in [1.54, 1.807) is 0 Å². The summed E-state index contributed by atoms with van der Waals surface area (Å²) >= 11 is 0. The van der Waals surface area contributed by atoms with Gasteiger partial charge in [-0.2, -0.15) is 0 Å². The molecule has 0 aliphatic rings. The Morgan fingerprint density at radius 1 is 1.05 bits per heavy atom. The zero-order chi connectivity index (χ0) is 14.1. The number of nitrogens with zero attached hydrogens (tertiary/aromatic N) is 2. The monoisotopic (exact) mass is 266 g/mol. The molecule has 3 heteroatoms. The van der Waals surface area contributed by atoms with Crippen molar-refractivity contribution in [2.75, 3.05) is 6.61 Å². The first-order chi connectivity index (χ1) is 9.67. The van der Waals surface area contributed by atoms with Crippen molar-refractivity contribution in [1.29, 1.82) is 0 Å². The summed E-state index contributed by atoms with van der Waals surface area (Å²) in [6.07, 6.45) is 4.14. The van der Waals surface area contributed by atoms with E-state index in [-0.39, 0.29) is 0 Å². The van der Waals surface area contributed by atoms with Crippen LogP contribution in [0.1, 0.15) is 18.1 Å². The molecule has 0 aliphatic carbocycles. The second-order valence-corrected chi connectivity index (χ2v) is 5.03. The van der Waals surface area contributed by atoms with E-state index in [1.165, 1.54) is 11.1 Å². The number of benzene rings is 1. The van der Waals surface area contributed by atoms with E-state index in [4.69, 9.17) is 9.72 Å². The minimum absolute atomic E-state index is 0.655. The topological polar surface area (TPSA) is 26.5 Å². The lowest BCUT2D eigenvalue weighted by molar-refractivity contribution is 0.341. The highest BCUT2D eigenvalue weighted by molar-refractivity contribution is 5.70. The summed E-state index contributed by atoms with van der Waals surface area (Å²) < 4.78 is 7.78. The van der Waals surface area contributed by atoms with E-state index in [0.29, 0.717) is 6.61 Å². The molecule has 0 unspecified atom stereocenters. The fourth-order valence-electron chi connectivity index (χ4n) is 2.36. The Bertz CT molecular complexity index is 759. The van der Waals surface area contributed by atoms with Crippen LogP contribution in [-0.2, 0) is 0 Å². The molecule has 20 heavy (non-hydrogen) atoms. The third kappa shape index (κ3) is 2.27. The molecule has 0 saturated heterocycles. The van der Waals surface area contributed by atoms with Crippen molar-refractivity contribution in [2.45, 2.75) is 20.8 Å². The average Bonchev–Trinajstić information content (AvgIpc) is 2.83. The number of hydrogen-bond donors (Lipinski definition) is 0. The summed E-state index contributed by atoms with van der Waals surface area (Å²) in [5.74, 6) is 0.887. The fraction of sp³-hybridized carbons (Fsp3) is 0.235. The highest BCUT2D eigenvalue weighted by Crippen LogP contribution is 2.30. The molecule has 0 N–H and O–H groups in total. The third-order valence-corrected chi connectivity index (χ3v) is 3.31. The van der Waals surface area contributed by atoms with E-state index in [0.717, 1.165) is 22.7 Å². The molecule has 0 spiro atoms. The Morgan fingerprint density at radius 3 is 2.65 bits per heavy atom. The molecule has 0 saturated carbocycles. The van der Waals surface area contributed by atoms with Gasteiger partial charge in [-0.15, -0.1) is 0 Å². The van der Waals surface area contributed by atoms with Gasteiger partial charge < -0.3 is 9.14 Å². The predicted octanol–water partition coefficient (Wildman–Crippen LogP) is 4.02.